The van der Waals surface area contributed by atoms with Crippen LogP contribution in [0, 0.1) is 0 Å². The molecule has 16 heavy (non-hydrogen) atoms. The largest absolute Gasteiger partial charge is 0.291 e. The van der Waals surface area contributed by atoms with E-state index < -0.39 is 0 Å². The van der Waals surface area contributed by atoms with E-state index >= 15 is 0 Å². The van der Waals surface area contributed by atoms with E-state index in [4.69, 9.17) is 0 Å². The van der Waals surface area contributed by atoms with Gasteiger partial charge >= 0.3 is 0 Å². The molecule has 0 heterocycles. The van der Waals surface area contributed by atoms with Crippen LogP contribution in [0.25, 0.3) is 0 Å². The molecule has 0 saturated heterocycles. The van der Waals surface area contributed by atoms with Crippen LogP contribution in [0.3, 0.4) is 0 Å². The van der Waals surface area contributed by atoms with Crippen LogP contribution in [0.15, 0.2) is 0 Å². The number of carbonyl (C=O) groups is 4. The molecule has 0 bridgehead atoms. The van der Waals surface area contributed by atoms with Gasteiger partial charge in [0.05, 0.1) is 0 Å². The van der Waals surface area contributed by atoms with Crippen molar-refractivity contribution in [2.75, 3.05) is 0 Å². The third-order valence-electron chi connectivity index (χ3n) is 1.37. The molecule has 98 valence electrons. The van der Waals surface area contributed by atoms with Crippen molar-refractivity contribution in [1.29, 1.82) is 0 Å². The summed E-state index contributed by atoms with van der Waals surface area (Å²) in [7, 11) is 0. The van der Waals surface area contributed by atoms with Gasteiger partial charge in [-0.05, 0) is 6.42 Å². The van der Waals surface area contributed by atoms with E-state index in [2.05, 4.69) is 0 Å². The predicted octanol–water partition coefficient (Wildman–Crippen LogP) is 1.10. The van der Waals surface area contributed by atoms with Crippen LogP contribution in [0.4, 0.5) is 0 Å². The fourth-order valence-corrected chi connectivity index (χ4v) is 0.403. The van der Waals surface area contributed by atoms with Gasteiger partial charge < -0.3 is 0 Å². The average Bonchev–Trinajstić information content (AvgIpc) is 2.05. The van der Waals surface area contributed by atoms with E-state index in [0.717, 1.165) is 6.42 Å². The van der Waals surface area contributed by atoms with E-state index in [-0.39, 0.29) is 56.7 Å². The van der Waals surface area contributed by atoms with Gasteiger partial charge in [0.15, 0.2) is 23.1 Å². The van der Waals surface area contributed by atoms with Crippen molar-refractivity contribution < 1.29 is 52.7 Å². The molecule has 0 aliphatic heterocycles. The van der Waals surface area contributed by atoms with Crippen LogP contribution in [0.5, 0.6) is 0 Å². The zero-order valence-corrected chi connectivity index (χ0v) is 11.8. The van der Waals surface area contributed by atoms with Crippen molar-refractivity contribution in [3.8, 4) is 0 Å². The first-order valence-electron chi connectivity index (χ1n) is 4.38. The molecule has 0 aliphatic rings. The zero-order chi connectivity index (χ0) is 11.7. The number of hydrogen-bond acceptors (Lipinski definition) is 4. The predicted molar refractivity (Wildman–Crippen MR) is 52.0 cm³/mol. The molecular weight excluding hydrogens is 299 g/mol. The minimum Gasteiger partial charge on any atom is -0.291 e. The van der Waals surface area contributed by atoms with E-state index in [9.17, 15) is 19.2 Å². The van der Waals surface area contributed by atoms with E-state index in [1.54, 1.807) is 0 Å². The Hall–Kier alpha value is -0.307. The van der Waals surface area contributed by atoms with Crippen molar-refractivity contribution in [3.05, 3.63) is 0 Å². The fraction of sp³-hybridized carbons (Fsp3) is 0.600. The Bertz CT molecular complexity index is 239. The van der Waals surface area contributed by atoms with Crippen LogP contribution in [-0.2, 0) is 52.7 Å². The summed E-state index contributed by atoms with van der Waals surface area (Å²) in [5, 5.41) is 0. The number of rotatable bonds is 4. The molecular formula is C10H16FeNiO4. The maximum atomic E-state index is 10.4. The van der Waals surface area contributed by atoms with Crippen molar-refractivity contribution in [1.82, 2.24) is 0 Å². The van der Waals surface area contributed by atoms with E-state index in [1.807, 2.05) is 6.92 Å². The van der Waals surface area contributed by atoms with Crippen LogP contribution >= 0.6 is 0 Å². The molecule has 0 saturated carbocycles. The zero-order valence-electron chi connectivity index (χ0n) is 9.72. The molecule has 6 heteroatoms. The molecule has 0 aliphatic carbocycles. The Morgan fingerprint density at radius 3 is 1.19 bits per heavy atom. The number of hydrogen-bond donors (Lipinski definition) is 0. The van der Waals surface area contributed by atoms with E-state index in [1.165, 1.54) is 20.8 Å². The molecule has 0 unspecified atom stereocenters. The Morgan fingerprint density at radius 2 is 1.12 bits per heavy atom. The molecule has 0 atom stereocenters. The standard InChI is InChI=1S/C6H10O2.C4H6O2.Fe.Ni/c1-3-4-6(8)5(2)7;1-3(5)4(2)6;;/h3-4H2,1-2H3;1-2H3;;. The van der Waals surface area contributed by atoms with Gasteiger partial charge in [-0.2, -0.15) is 0 Å². The van der Waals surface area contributed by atoms with Gasteiger partial charge in [-0.3, -0.25) is 19.2 Å². The molecule has 0 fully saturated rings. The maximum absolute atomic E-state index is 10.4. The van der Waals surface area contributed by atoms with Gasteiger partial charge in [0.1, 0.15) is 0 Å². The summed E-state index contributed by atoms with van der Waals surface area (Å²) >= 11 is 0. The molecule has 0 spiro atoms. The third kappa shape index (κ3) is 19.3. The first-order valence-corrected chi connectivity index (χ1v) is 4.38. The smallest absolute Gasteiger partial charge is 0.198 e. The molecule has 0 aromatic carbocycles. The van der Waals surface area contributed by atoms with E-state index in [0.29, 0.717) is 6.42 Å². The summed E-state index contributed by atoms with van der Waals surface area (Å²) in [5.74, 6) is -1.34. The molecule has 0 N–H and O–H groups in total. The summed E-state index contributed by atoms with van der Waals surface area (Å²) in [5.41, 5.74) is 0. The third-order valence-corrected chi connectivity index (χ3v) is 1.37. The van der Waals surface area contributed by atoms with Crippen LogP contribution in [0.1, 0.15) is 40.5 Å². The van der Waals surface area contributed by atoms with Gasteiger partial charge in [-0.1, -0.05) is 6.92 Å². The van der Waals surface area contributed by atoms with Crippen molar-refractivity contribution in [2.45, 2.75) is 40.5 Å². The quantitative estimate of drug-likeness (QED) is 0.576. The summed E-state index contributed by atoms with van der Waals surface area (Å²) in [6.07, 6.45) is 1.16. The second kappa shape index (κ2) is 14.7. The maximum Gasteiger partial charge on any atom is 0.198 e. The monoisotopic (exact) mass is 314 g/mol. The Kier molecular flexibility index (Phi) is 22.8. The van der Waals surface area contributed by atoms with Crippen molar-refractivity contribution in [3.63, 3.8) is 0 Å². The fourth-order valence-electron chi connectivity index (χ4n) is 0.403. The second-order valence-corrected chi connectivity index (χ2v) is 2.84. The second-order valence-electron chi connectivity index (χ2n) is 2.84. The summed E-state index contributed by atoms with van der Waals surface area (Å²) < 4.78 is 0. The van der Waals surface area contributed by atoms with Crippen LogP contribution in [-0.4, -0.2) is 23.1 Å². The first-order chi connectivity index (χ1) is 6.32. The first kappa shape index (κ1) is 24.8. The van der Waals surface area contributed by atoms with Crippen LogP contribution < -0.4 is 0 Å². The molecule has 0 radical (unpaired) electrons. The Morgan fingerprint density at radius 1 is 0.812 bits per heavy atom. The molecule has 0 aromatic rings. The van der Waals surface area contributed by atoms with Gasteiger partial charge in [0.2, 0.25) is 0 Å². The van der Waals surface area contributed by atoms with Crippen LogP contribution in [0.2, 0.25) is 0 Å². The number of Topliss-reactive ketones (excluding diaryl/α,β-unsaturated/α-hetero) is 4. The molecule has 4 nitrogen and oxygen atoms in total. The Labute approximate surface area is 116 Å². The van der Waals surface area contributed by atoms with Crippen molar-refractivity contribution >= 4 is 23.1 Å². The summed E-state index contributed by atoms with van der Waals surface area (Å²) in [4.78, 5) is 40.2. The minimum absolute atomic E-state index is 0. The molecule has 0 amide bonds. The van der Waals surface area contributed by atoms with Gasteiger partial charge in [-0.15, -0.1) is 0 Å². The number of carbonyl (C=O) groups excluding carboxylic acids is 4. The molecule has 0 aromatic heterocycles. The average molecular weight is 315 g/mol. The summed E-state index contributed by atoms with van der Waals surface area (Å²) in [6, 6.07) is 0. The van der Waals surface area contributed by atoms with Gasteiger partial charge in [0.25, 0.3) is 0 Å². The number of ketones is 4. The van der Waals surface area contributed by atoms with Gasteiger partial charge in [-0.25, -0.2) is 0 Å². The SMILES string of the molecule is CC(=O)C(C)=O.CCCC(=O)C(C)=O.[Fe].[Ni]. The van der Waals surface area contributed by atoms with Crippen molar-refractivity contribution in [2.24, 2.45) is 0 Å². The summed E-state index contributed by atoms with van der Waals surface area (Å²) in [6.45, 7) is 5.68. The minimum atomic E-state index is -0.380. The Balaban J connectivity index is -0.0000000825. The normalized spacial score (nSPS) is 7.25. The van der Waals surface area contributed by atoms with Gasteiger partial charge in [0, 0.05) is 60.8 Å². The molecule has 0 rings (SSSR count). The topological polar surface area (TPSA) is 68.3 Å².